The molecule has 0 aliphatic carbocycles. The van der Waals surface area contributed by atoms with E-state index in [4.69, 9.17) is 19.2 Å². The van der Waals surface area contributed by atoms with Crippen molar-refractivity contribution in [2.45, 2.75) is 0 Å². The van der Waals surface area contributed by atoms with Crippen LogP contribution in [0.3, 0.4) is 0 Å². The summed E-state index contributed by atoms with van der Waals surface area (Å²) in [6, 6.07) is 0. The van der Waals surface area contributed by atoms with Gasteiger partial charge in [0.1, 0.15) is 0 Å². The van der Waals surface area contributed by atoms with E-state index in [2.05, 4.69) is 0 Å². The fraction of sp³-hybridized carbons (Fsp3) is 0. The molecule has 0 heterocycles. The average Bonchev–Trinajstić information content (AvgIpc) is 0.722. The van der Waals surface area contributed by atoms with Crippen LogP contribution < -0.4 is 0 Å². The van der Waals surface area contributed by atoms with Crippen LogP contribution in [0.15, 0.2) is 0 Å². The van der Waals surface area contributed by atoms with Crippen LogP contribution in [0.25, 0.3) is 0 Å². The van der Waals surface area contributed by atoms with E-state index in [0.717, 1.165) is 0 Å². The van der Waals surface area contributed by atoms with Gasteiger partial charge in [0.25, 0.3) is 0 Å². The maximum atomic E-state index is 8.88. The van der Waals surface area contributed by atoms with Crippen molar-refractivity contribution in [3.8, 4) is 0 Å². The fourth-order valence-corrected chi connectivity index (χ4v) is 0. The molecule has 0 aliphatic rings. The van der Waals surface area contributed by atoms with Crippen molar-refractivity contribution in [1.29, 1.82) is 0 Å². The van der Waals surface area contributed by atoms with Crippen molar-refractivity contribution >= 4 is 66.9 Å². The minimum absolute atomic E-state index is 0. The van der Waals surface area contributed by atoms with Gasteiger partial charge in [0.2, 0.25) is 0 Å². The van der Waals surface area contributed by atoms with E-state index in [1.165, 1.54) is 0 Å². The van der Waals surface area contributed by atoms with Crippen LogP contribution >= 0.6 is 7.82 Å². The molecule has 0 saturated heterocycles. The summed E-state index contributed by atoms with van der Waals surface area (Å²) in [4.78, 5) is 21.6. The van der Waals surface area contributed by atoms with Gasteiger partial charge in [0.15, 0.2) is 0 Å². The molecule has 0 atom stereocenters. The largest absolute Gasteiger partial charge is 0 e. The Morgan fingerprint density at radius 2 is 1.00 bits per heavy atom. The smallest absolute Gasteiger partial charge is 0 e. The molecule has 0 aromatic rings. The zero-order chi connectivity index (χ0) is 4.50. The molecular formula is H5Na2O4PV. The van der Waals surface area contributed by atoms with Gasteiger partial charge in [-0.2, -0.15) is 0 Å². The molecule has 41 valence electrons. The molecule has 8 heavy (non-hydrogen) atoms. The third kappa shape index (κ3) is 70.9. The molecule has 0 fully saturated rings. The van der Waals surface area contributed by atoms with E-state index in [1.54, 1.807) is 0 Å². The summed E-state index contributed by atoms with van der Waals surface area (Å²) in [5.74, 6) is 0. The Hall–Kier alpha value is 2.69. The van der Waals surface area contributed by atoms with E-state index in [0.29, 0.717) is 0 Å². The summed E-state index contributed by atoms with van der Waals surface area (Å²) < 4.78 is 8.88. The van der Waals surface area contributed by atoms with Crippen LogP contribution in [-0.2, 0) is 23.1 Å². The second kappa shape index (κ2) is 9.69. The zero-order valence-electron chi connectivity index (χ0n) is 2.64. The molecule has 0 bridgehead atoms. The van der Waals surface area contributed by atoms with Crippen LogP contribution in [0.4, 0.5) is 0 Å². The Bertz CT molecular complexity index is 60.2. The predicted octanol–water partition coefficient (Wildman–Crippen LogP) is -2.23. The third-order valence-electron chi connectivity index (χ3n) is 0. The summed E-state index contributed by atoms with van der Waals surface area (Å²) in [5.41, 5.74) is 0. The molecular weight excluding hydrogens is 192 g/mol. The van der Waals surface area contributed by atoms with Crippen LogP contribution in [-0.4, -0.2) is 73.8 Å². The molecule has 0 spiro atoms. The molecule has 0 aromatic heterocycles. The third-order valence-corrected chi connectivity index (χ3v) is 0. The Morgan fingerprint density at radius 1 is 1.00 bits per heavy atom. The van der Waals surface area contributed by atoms with Gasteiger partial charge in [-0.15, -0.1) is 0 Å². The first-order valence-corrected chi connectivity index (χ1v) is 2.35. The van der Waals surface area contributed by atoms with Crippen LogP contribution in [0.1, 0.15) is 0 Å². The van der Waals surface area contributed by atoms with Gasteiger partial charge in [-0.1, -0.05) is 0 Å². The van der Waals surface area contributed by atoms with Gasteiger partial charge in [-0.3, -0.25) is 0 Å². The summed E-state index contributed by atoms with van der Waals surface area (Å²) in [6.07, 6.45) is 0. The van der Waals surface area contributed by atoms with E-state index in [1.807, 2.05) is 0 Å². The number of phosphoric acid groups is 1. The Balaban J connectivity index is -0.0000000267. The predicted molar refractivity (Wildman–Crippen MR) is 28.6 cm³/mol. The molecule has 0 unspecified atom stereocenters. The van der Waals surface area contributed by atoms with Crippen molar-refractivity contribution in [1.82, 2.24) is 0 Å². The topological polar surface area (TPSA) is 77.8 Å². The molecule has 3 N–H and O–H groups in total. The number of hydrogen-bond donors (Lipinski definition) is 3. The second-order valence-electron chi connectivity index (χ2n) is 0.513. The standard InChI is InChI=1S/2Na.H3O4P.V.2H/c;;1-5(2,3)4;;;/h;;(H3,1,2,3,4);;;. The maximum Gasteiger partial charge on any atom is 0 e. The first-order chi connectivity index (χ1) is 2.00. The second-order valence-corrected chi connectivity index (χ2v) is 1.54. The van der Waals surface area contributed by atoms with E-state index in [-0.39, 0.29) is 77.7 Å². The molecule has 0 amide bonds. The molecule has 0 rings (SSSR count). The van der Waals surface area contributed by atoms with Crippen molar-refractivity contribution in [3.05, 3.63) is 0 Å². The molecule has 1 radical (unpaired) electrons. The fourth-order valence-electron chi connectivity index (χ4n) is 0. The first kappa shape index (κ1) is 22.4. The quantitative estimate of drug-likeness (QED) is 0.303. The Morgan fingerprint density at radius 3 is 1.00 bits per heavy atom. The minimum Gasteiger partial charge on any atom is 0 e. The first-order valence-electron chi connectivity index (χ1n) is 0.783. The average molecular weight is 197 g/mol. The summed E-state index contributed by atoms with van der Waals surface area (Å²) in [6.45, 7) is 0. The Kier molecular flexibility index (Phi) is 27.2. The van der Waals surface area contributed by atoms with Crippen molar-refractivity contribution in [3.63, 3.8) is 0 Å². The van der Waals surface area contributed by atoms with Crippen molar-refractivity contribution in [2.75, 3.05) is 0 Å². The number of rotatable bonds is 0. The summed E-state index contributed by atoms with van der Waals surface area (Å²) in [5, 5.41) is 0. The molecule has 4 nitrogen and oxygen atoms in total. The number of hydrogen-bond acceptors (Lipinski definition) is 1. The van der Waals surface area contributed by atoms with Gasteiger partial charge in [0.05, 0.1) is 0 Å². The van der Waals surface area contributed by atoms with Gasteiger partial charge in [-0.05, 0) is 0 Å². The van der Waals surface area contributed by atoms with Crippen LogP contribution in [0.2, 0.25) is 0 Å². The van der Waals surface area contributed by atoms with E-state index >= 15 is 0 Å². The van der Waals surface area contributed by atoms with Crippen LogP contribution in [0.5, 0.6) is 0 Å². The van der Waals surface area contributed by atoms with E-state index in [9.17, 15) is 0 Å². The van der Waals surface area contributed by atoms with Gasteiger partial charge < -0.3 is 14.7 Å². The van der Waals surface area contributed by atoms with Crippen molar-refractivity contribution < 1.29 is 37.8 Å². The minimum atomic E-state index is -4.64. The SMILES string of the molecule is O=P(O)(O)O.[NaH].[NaH].[V]. The summed E-state index contributed by atoms with van der Waals surface area (Å²) in [7, 11) is -4.64. The molecule has 0 aliphatic heterocycles. The normalized spacial score (nSPS) is 7.38. The van der Waals surface area contributed by atoms with Gasteiger partial charge >= 0.3 is 66.9 Å². The maximum absolute atomic E-state index is 8.88. The summed E-state index contributed by atoms with van der Waals surface area (Å²) >= 11 is 0. The molecule has 0 aromatic carbocycles. The van der Waals surface area contributed by atoms with Crippen LogP contribution in [0, 0.1) is 0 Å². The molecule has 0 saturated carbocycles. The molecule has 8 heteroatoms. The van der Waals surface area contributed by atoms with Crippen molar-refractivity contribution in [2.24, 2.45) is 0 Å². The van der Waals surface area contributed by atoms with Gasteiger partial charge in [0, 0.05) is 18.6 Å². The zero-order valence-corrected chi connectivity index (χ0v) is 4.94. The van der Waals surface area contributed by atoms with Gasteiger partial charge in [-0.25, -0.2) is 4.57 Å². The Labute approximate surface area is 103 Å². The van der Waals surface area contributed by atoms with E-state index < -0.39 is 7.82 Å². The monoisotopic (exact) mass is 197 g/mol.